The summed E-state index contributed by atoms with van der Waals surface area (Å²) in [6.45, 7) is 0. The van der Waals surface area contributed by atoms with E-state index < -0.39 is 0 Å². The average molecular weight is 272 g/mol. The number of hydrogen-bond donors (Lipinski definition) is 1. The Morgan fingerprint density at radius 1 is 1.71 bits per heavy atom. The second-order valence-electron chi connectivity index (χ2n) is 3.92. The lowest BCUT2D eigenvalue weighted by Gasteiger charge is -2.08. The highest BCUT2D eigenvalue weighted by molar-refractivity contribution is 7.99. The van der Waals surface area contributed by atoms with Crippen LogP contribution in [0.4, 0.5) is 5.13 Å². The number of aryl methyl sites for hydroxylation is 1. The molecule has 1 saturated heterocycles. The molecule has 1 N–H and O–H groups in total. The molecule has 1 aromatic rings. The maximum Gasteiger partial charge on any atom is 0.305 e. The summed E-state index contributed by atoms with van der Waals surface area (Å²) < 4.78 is 4.60. The van der Waals surface area contributed by atoms with Crippen molar-refractivity contribution in [3.05, 3.63) is 11.1 Å². The minimum Gasteiger partial charge on any atom is -0.469 e. The number of nitrogens with zero attached hydrogens (tertiary/aromatic N) is 1. The van der Waals surface area contributed by atoms with Crippen LogP contribution in [0.5, 0.6) is 0 Å². The summed E-state index contributed by atoms with van der Waals surface area (Å²) in [4.78, 5) is 15.5. The number of esters is 1. The van der Waals surface area contributed by atoms with Gasteiger partial charge in [0.15, 0.2) is 5.13 Å². The quantitative estimate of drug-likeness (QED) is 0.833. The molecule has 0 amide bonds. The Morgan fingerprint density at radius 2 is 2.59 bits per heavy atom. The maximum atomic E-state index is 11.0. The third-order valence-corrected chi connectivity index (χ3v) is 4.61. The number of hydrogen-bond acceptors (Lipinski definition) is 6. The van der Waals surface area contributed by atoms with Gasteiger partial charge < -0.3 is 10.1 Å². The van der Waals surface area contributed by atoms with Gasteiger partial charge in [-0.15, -0.1) is 11.3 Å². The molecule has 2 heterocycles. The normalized spacial score (nSPS) is 19.2. The van der Waals surface area contributed by atoms with E-state index >= 15 is 0 Å². The van der Waals surface area contributed by atoms with Crippen LogP contribution in [0.1, 0.15) is 18.5 Å². The molecule has 1 fully saturated rings. The summed E-state index contributed by atoms with van der Waals surface area (Å²) >= 11 is 3.59. The van der Waals surface area contributed by atoms with Gasteiger partial charge in [0.25, 0.3) is 0 Å². The van der Waals surface area contributed by atoms with Gasteiger partial charge in [0, 0.05) is 23.6 Å². The van der Waals surface area contributed by atoms with E-state index in [9.17, 15) is 4.79 Å². The Hall–Kier alpha value is -0.750. The van der Waals surface area contributed by atoms with Gasteiger partial charge in [0.05, 0.1) is 19.2 Å². The molecule has 0 saturated carbocycles. The molecule has 0 radical (unpaired) electrons. The van der Waals surface area contributed by atoms with E-state index in [4.69, 9.17) is 0 Å². The first kappa shape index (κ1) is 12.7. The number of anilines is 1. The summed E-state index contributed by atoms with van der Waals surface area (Å²) in [5, 5.41) is 6.41. The molecule has 6 heteroatoms. The van der Waals surface area contributed by atoms with Gasteiger partial charge in [-0.3, -0.25) is 4.79 Å². The lowest BCUT2D eigenvalue weighted by Crippen LogP contribution is -2.17. The minimum absolute atomic E-state index is 0.181. The molecular weight excluding hydrogens is 256 g/mol. The minimum atomic E-state index is -0.181. The number of nitrogens with one attached hydrogen (secondary N) is 1. The number of methoxy groups -OCH3 is 1. The van der Waals surface area contributed by atoms with Crippen LogP contribution in [0.2, 0.25) is 0 Å². The molecular formula is C11H16N2O2S2. The van der Waals surface area contributed by atoms with Crippen molar-refractivity contribution in [1.82, 2.24) is 4.98 Å². The van der Waals surface area contributed by atoms with Crippen LogP contribution in [0.15, 0.2) is 5.38 Å². The number of thiazole rings is 1. The lowest BCUT2D eigenvalue weighted by molar-refractivity contribution is -0.140. The molecule has 0 aliphatic carbocycles. The van der Waals surface area contributed by atoms with E-state index in [2.05, 4.69) is 15.0 Å². The van der Waals surface area contributed by atoms with Gasteiger partial charge in [-0.1, -0.05) is 0 Å². The zero-order valence-electron chi connectivity index (χ0n) is 9.77. The smallest absolute Gasteiger partial charge is 0.305 e. The van der Waals surface area contributed by atoms with Crippen molar-refractivity contribution in [2.75, 3.05) is 23.9 Å². The summed E-state index contributed by atoms with van der Waals surface area (Å²) in [6, 6.07) is 0.555. The van der Waals surface area contributed by atoms with Crippen LogP contribution >= 0.6 is 23.1 Å². The largest absolute Gasteiger partial charge is 0.469 e. The fraction of sp³-hybridized carbons (Fsp3) is 0.636. The van der Waals surface area contributed by atoms with E-state index in [0.29, 0.717) is 18.9 Å². The van der Waals surface area contributed by atoms with Gasteiger partial charge in [-0.05, 0) is 12.2 Å². The first-order chi connectivity index (χ1) is 8.28. The first-order valence-electron chi connectivity index (χ1n) is 5.63. The number of carbonyl (C=O) groups excluding carboxylic acids is 1. The third kappa shape index (κ3) is 3.89. The highest BCUT2D eigenvalue weighted by Gasteiger charge is 2.16. The molecule has 4 nitrogen and oxygen atoms in total. The van der Waals surface area contributed by atoms with Gasteiger partial charge in [-0.25, -0.2) is 4.98 Å². The number of carbonyl (C=O) groups is 1. The Morgan fingerprint density at radius 3 is 3.29 bits per heavy atom. The average Bonchev–Trinajstić information content (AvgIpc) is 2.98. The van der Waals surface area contributed by atoms with Gasteiger partial charge in [0.1, 0.15) is 0 Å². The zero-order chi connectivity index (χ0) is 12.1. The van der Waals surface area contributed by atoms with Gasteiger partial charge in [0.2, 0.25) is 0 Å². The maximum absolute atomic E-state index is 11.0. The topological polar surface area (TPSA) is 51.2 Å². The van der Waals surface area contributed by atoms with E-state index in [1.807, 2.05) is 17.1 Å². The third-order valence-electron chi connectivity index (χ3n) is 2.62. The van der Waals surface area contributed by atoms with Crippen LogP contribution in [0.25, 0.3) is 0 Å². The number of rotatable bonds is 5. The molecule has 0 bridgehead atoms. The summed E-state index contributed by atoms with van der Waals surface area (Å²) in [5.41, 5.74) is 0.966. The van der Waals surface area contributed by atoms with E-state index in [0.717, 1.165) is 16.6 Å². The number of thioether (sulfide) groups is 1. The second kappa shape index (κ2) is 6.26. The molecule has 1 aliphatic rings. The zero-order valence-corrected chi connectivity index (χ0v) is 11.4. The Balaban J connectivity index is 1.80. The monoisotopic (exact) mass is 272 g/mol. The molecule has 1 aliphatic heterocycles. The second-order valence-corrected chi connectivity index (χ2v) is 5.93. The number of ether oxygens (including phenoxy) is 1. The fourth-order valence-electron chi connectivity index (χ4n) is 1.64. The van der Waals surface area contributed by atoms with Crippen molar-refractivity contribution in [1.29, 1.82) is 0 Å². The van der Waals surface area contributed by atoms with Gasteiger partial charge >= 0.3 is 5.97 Å². The van der Waals surface area contributed by atoms with Crippen molar-refractivity contribution in [3.63, 3.8) is 0 Å². The summed E-state index contributed by atoms with van der Waals surface area (Å²) in [6.07, 6.45) is 2.27. The molecule has 1 unspecified atom stereocenters. The molecule has 17 heavy (non-hydrogen) atoms. The van der Waals surface area contributed by atoms with E-state index in [1.165, 1.54) is 19.3 Å². The van der Waals surface area contributed by atoms with Crippen LogP contribution in [0.3, 0.4) is 0 Å². The molecule has 1 atom stereocenters. The predicted molar refractivity (Wildman–Crippen MR) is 71.8 cm³/mol. The van der Waals surface area contributed by atoms with E-state index in [-0.39, 0.29) is 5.97 Å². The highest BCUT2D eigenvalue weighted by atomic mass is 32.2. The molecule has 1 aromatic heterocycles. The van der Waals surface area contributed by atoms with Crippen molar-refractivity contribution in [2.45, 2.75) is 25.3 Å². The van der Waals surface area contributed by atoms with Crippen LogP contribution in [-0.2, 0) is 16.0 Å². The molecule has 94 valence electrons. The van der Waals surface area contributed by atoms with Crippen molar-refractivity contribution in [2.24, 2.45) is 0 Å². The Bertz CT molecular complexity index is 375. The molecule has 0 spiro atoms. The van der Waals surface area contributed by atoms with Crippen molar-refractivity contribution < 1.29 is 9.53 Å². The SMILES string of the molecule is COC(=O)CCc1csc(NC2CCSC2)n1. The van der Waals surface area contributed by atoms with Crippen LogP contribution in [-0.4, -0.2) is 35.6 Å². The van der Waals surface area contributed by atoms with E-state index in [1.54, 1.807) is 11.3 Å². The van der Waals surface area contributed by atoms with Crippen molar-refractivity contribution >= 4 is 34.2 Å². The molecule has 0 aromatic carbocycles. The van der Waals surface area contributed by atoms with Crippen LogP contribution in [0, 0.1) is 0 Å². The standard InChI is InChI=1S/C11H16N2O2S2/c1-15-10(14)3-2-8-7-17-11(12-8)13-9-4-5-16-6-9/h7,9H,2-6H2,1H3,(H,12,13). The predicted octanol–water partition coefficient (Wildman–Crippen LogP) is 2.17. The Labute approximate surface area is 109 Å². The highest BCUT2D eigenvalue weighted by Crippen LogP contribution is 2.23. The molecule has 2 rings (SSSR count). The number of aromatic nitrogens is 1. The first-order valence-corrected chi connectivity index (χ1v) is 7.67. The lowest BCUT2D eigenvalue weighted by atomic mass is 10.2. The summed E-state index contributed by atoms with van der Waals surface area (Å²) in [5.74, 6) is 2.22. The van der Waals surface area contributed by atoms with Crippen molar-refractivity contribution in [3.8, 4) is 0 Å². The van der Waals surface area contributed by atoms with Crippen LogP contribution < -0.4 is 5.32 Å². The summed E-state index contributed by atoms with van der Waals surface area (Å²) in [7, 11) is 1.41. The fourth-order valence-corrected chi connectivity index (χ4v) is 3.62. The Kier molecular flexibility index (Phi) is 4.67. The van der Waals surface area contributed by atoms with Gasteiger partial charge in [-0.2, -0.15) is 11.8 Å².